The fourth-order valence-corrected chi connectivity index (χ4v) is 1.31. The number of ether oxygens (including phenoxy) is 2. The summed E-state index contributed by atoms with van der Waals surface area (Å²) in [5.41, 5.74) is 0. The highest BCUT2D eigenvalue weighted by molar-refractivity contribution is 5.74. The van der Waals surface area contributed by atoms with Gasteiger partial charge in [-0.25, -0.2) is 4.79 Å². The molecule has 18 heavy (non-hydrogen) atoms. The Kier molecular flexibility index (Phi) is 8.06. The summed E-state index contributed by atoms with van der Waals surface area (Å²) in [6.45, 7) is 2.45. The summed E-state index contributed by atoms with van der Waals surface area (Å²) < 4.78 is 9.91. The van der Waals surface area contributed by atoms with Crippen molar-refractivity contribution < 1.29 is 24.2 Å². The number of hydrogen-bond donors (Lipinski definition) is 2. The lowest BCUT2D eigenvalue weighted by Crippen LogP contribution is -2.46. The standard InChI is InChI=1S/C11H22N2O5/c1-8(7-17-3)13(2)11(16)12-6-9(18-4)5-10(14)15/h8-9H,5-7H2,1-4H3,(H,12,16)(H,14,15). The van der Waals surface area contributed by atoms with E-state index in [1.165, 1.54) is 12.0 Å². The molecular formula is C11H22N2O5. The Hall–Kier alpha value is -1.34. The average Bonchev–Trinajstić information content (AvgIpc) is 2.32. The third kappa shape index (κ3) is 6.41. The Morgan fingerprint density at radius 1 is 1.39 bits per heavy atom. The van der Waals surface area contributed by atoms with Crippen LogP contribution in [0.25, 0.3) is 0 Å². The zero-order chi connectivity index (χ0) is 14.1. The van der Waals surface area contributed by atoms with Crippen LogP contribution >= 0.6 is 0 Å². The predicted octanol–water partition coefficient (Wildman–Crippen LogP) is 0.152. The first-order chi connectivity index (χ1) is 8.42. The lowest BCUT2D eigenvalue weighted by Gasteiger charge is -2.25. The van der Waals surface area contributed by atoms with Gasteiger partial charge >= 0.3 is 12.0 Å². The molecular weight excluding hydrogens is 240 g/mol. The monoisotopic (exact) mass is 262 g/mol. The maximum absolute atomic E-state index is 11.7. The van der Waals surface area contributed by atoms with Crippen LogP contribution in [0.4, 0.5) is 4.79 Å². The number of carboxylic acids is 1. The zero-order valence-electron chi connectivity index (χ0n) is 11.3. The SMILES string of the molecule is COCC(C)N(C)C(=O)NCC(CC(=O)O)OC. The summed E-state index contributed by atoms with van der Waals surface area (Å²) in [5.74, 6) is -0.961. The van der Waals surface area contributed by atoms with E-state index in [-0.39, 0.29) is 25.0 Å². The quantitative estimate of drug-likeness (QED) is 0.650. The summed E-state index contributed by atoms with van der Waals surface area (Å²) in [7, 11) is 4.63. The summed E-state index contributed by atoms with van der Waals surface area (Å²) >= 11 is 0. The number of hydrogen-bond acceptors (Lipinski definition) is 4. The summed E-state index contributed by atoms with van der Waals surface area (Å²) in [4.78, 5) is 23.7. The van der Waals surface area contributed by atoms with Crippen molar-refractivity contribution in [1.29, 1.82) is 0 Å². The highest BCUT2D eigenvalue weighted by atomic mass is 16.5. The van der Waals surface area contributed by atoms with Crippen LogP contribution in [0, 0.1) is 0 Å². The topological polar surface area (TPSA) is 88.1 Å². The number of likely N-dealkylation sites (N-methyl/N-ethyl adjacent to an activating group) is 1. The van der Waals surface area contributed by atoms with Crippen LogP contribution in [0.5, 0.6) is 0 Å². The van der Waals surface area contributed by atoms with Crippen LogP contribution in [0.1, 0.15) is 13.3 Å². The zero-order valence-corrected chi connectivity index (χ0v) is 11.3. The molecule has 2 N–H and O–H groups in total. The molecule has 2 amide bonds. The molecule has 2 unspecified atom stereocenters. The van der Waals surface area contributed by atoms with Gasteiger partial charge in [-0.3, -0.25) is 4.79 Å². The Morgan fingerprint density at radius 3 is 2.44 bits per heavy atom. The molecule has 0 aliphatic rings. The van der Waals surface area contributed by atoms with Crippen LogP contribution in [0.2, 0.25) is 0 Å². The van der Waals surface area contributed by atoms with E-state index in [0.29, 0.717) is 6.61 Å². The largest absolute Gasteiger partial charge is 0.481 e. The predicted molar refractivity (Wildman–Crippen MR) is 65.5 cm³/mol. The normalized spacial score (nSPS) is 13.8. The van der Waals surface area contributed by atoms with Gasteiger partial charge in [0.05, 0.1) is 25.2 Å². The van der Waals surface area contributed by atoms with Gasteiger partial charge in [0.1, 0.15) is 0 Å². The molecule has 0 aromatic rings. The average molecular weight is 262 g/mol. The van der Waals surface area contributed by atoms with Crippen LogP contribution in [0.15, 0.2) is 0 Å². The molecule has 0 aliphatic carbocycles. The second kappa shape index (κ2) is 8.71. The van der Waals surface area contributed by atoms with E-state index in [1.807, 2.05) is 6.92 Å². The molecule has 0 spiro atoms. The van der Waals surface area contributed by atoms with Gasteiger partial charge in [-0.2, -0.15) is 0 Å². The Balaban J connectivity index is 4.10. The molecule has 0 bridgehead atoms. The first-order valence-electron chi connectivity index (χ1n) is 5.66. The van der Waals surface area contributed by atoms with Gasteiger partial charge < -0.3 is 24.8 Å². The highest BCUT2D eigenvalue weighted by Crippen LogP contribution is 1.99. The van der Waals surface area contributed by atoms with Crippen molar-refractivity contribution in [2.45, 2.75) is 25.5 Å². The number of rotatable bonds is 8. The second-order valence-electron chi connectivity index (χ2n) is 4.06. The van der Waals surface area contributed by atoms with E-state index in [1.54, 1.807) is 14.2 Å². The summed E-state index contributed by atoms with van der Waals surface area (Å²) in [6, 6.07) is -0.345. The van der Waals surface area contributed by atoms with Gasteiger partial charge in [-0.15, -0.1) is 0 Å². The summed E-state index contributed by atoms with van der Waals surface area (Å²) in [5, 5.41) is 11.2. The van der Waals surface area contributed by atoms with Crippen molar-refractivity contribution in [3.63, 3.8) is 0 Å². The van der Waals surface area contributed by atoms with Gasteiger partial charge in [0.2, 0.25) is 0 Å². The molecule has 7 heteroatoms. The lowest BCUT2D eigenvalue weighted by molar-refractivity contribution is -0.139. The molecule has 0 saturated heterocycles. The van der Waals surface area contributed by atoms with Gasteiger partial charge in [-0.1, -0.05) is 0 Å². The van der Waals surface area contributed by atoms with Crippen molar-refractivity contribution in [3.8, 4) is 0 Å². The van der Waals surface area contributed by atoms with Crippen molar-refractivity contribution in [1.82, 2.24) is 10.2 Å². The van der Waals surface area contributed by atoms with E-state index in [2.05, 4.69) is 5.32 Å². The number of urea groups is 1. The molecule has 2 atom stereocenters. The molecule has 0 radical (unpaired) electrons. The van der Waals surface area contributed by atoms with E-state index in [4.69, 9.17) is 14.6 Å². The highest BCUT2D eigenvalue weighted by Gasteiger charge is 2.18. The Morgan fingerprint density at radius 2 is 2.00 bits per heavy atom. The third-order valence-electron chi connectivity index (χ3n) is 2.61. The molecule has 0 aliphatic heterocycles. The van der Waals surface area contributed by atoms with Crippen LogP contribution in [-0.4, -0.2) is 68.6 Å². The Bertz CT molecular complexity index is 272. The van der Waals surface area contributed by atoms with Gasteiger partial charge in [0, 0.05) is 27.8 Å². The van der Waals surface area contributed by atoms with E-state index in [9.17, 15) is 9.59 Å². The van der Waals surface area contributed by atoms with E-state index < -0.39 is 12.1 Å². The first-order valence-corrected chi connectivity index (χ1v) is 5.66. The molecule has 0 rings (SSSR count). The number of carbonyl (C=O) groups is 2. The van der Waals surface area contributed by atoms with Crippen molar-refractivity contribution >= 4 is 12.0 Å². The maximum Gasteiger partial charge on any atom is 0.317 e. The van der Waals surface area contributed by atoms with E-state index in [0.717, 1.165) is 0 Å². The van der Waals surface area contributed by atoms with E-state index >= 15 is 0 Å². The molecule has 106 valence electrons. The number of methoxy groups -OCH3 is 2. The lowest BCUT2D eigenvalue weighted by atomic mass is 10.2. The van der Waals surface area contributed by atoms with Gasteiger partial charge in [-0.05, 0) is 6.92 Å². The minimum absolute atomic E-state index is 0.0598. The van der Waals surface area contributed by atoms with Crippen LogP contribution in [0.3, 0.4) is 0 Å². The number of nitrogens with one attached hydrogen (secondary N) is 1. The maximum atomic E-state index is 11.7. The van der Waals surface area contributed by atoms with Crippen molar-refractivity contribution in [3.05, 3.63) is 0 Å². The van der Waals surface area contributed by atoms with Crippen molar-refractivity contribution in [2.75, 3.05) is 34.4 Å². The smallest absolute Gasteiger partial charge is 0.317 e. The summed E-state index contributed by atoms with van der Waals surface area (Å²) in [6.07, 6.45) is -0.675. The molecule has 7 nitrogen and oxygen atoms in total. The molecule has 0 saturated carbocycles. The fraction of sp³-hybridized carbons (Fsp3) is 0.818. The second-order valence-corrected chi connectivity index (χ2v) is 4.06. The van der Waals surface area contributed by atoms with Gasteiger partial charge in [0.15, 0.2) is 0 Å². The fourth-order valence-electron chi connectivity index (χ4n) is 1.31. The third-order valence-corrected chi connectivity index (χ3v) is 2.61. The number of carboxylic acid groups (broad SMARTS) is 1. The van der Waals surface area contributed by atoms with Crippen LogP contribution < -0.4 is 5.32 Å². The number of amides is 2. The number of nitrogens with zero attached hydrogens (tertiary/aromatic N) is 1. The van der Waals surface area contributed by atoms with Gasteiger partial charge in [0.25, 0.3) is 0 Å². The molecule has 0 aromatic carbocycles. The molecule has 0 heterocycles. The van der Waals surface area contributed by atoms with Crippen LogP contribution in [-0.2, 0) is 14.3 Å². The first kappa shape index (κ1) is 16.7. The van der Waals surface area contributed by atoms with Crippen molar-refractivity contribution in [2.24, 2.45) is 0 Å². The minimum atomic E-state index is -0.961. The number of carbonyl (C=O) groups excluding carboxylic acids is 1. The molecule has 0 aromatic heterocycles. The Labute approximate surface area is 107 Å². The minimum Gasteiger partial charge on any atom is -0.481 e. The molecule has 0 fully saturated rings. The number of aliphatic carboxylic acids is 1.